The third-order valence-corrected chi connectivity index (χ3v) is 4.23. The van der Waals surface area contributed by atoms with Crippen molar-refractivity contribution in [3.63, 3.8) is 0 Å². The Bertz CT molecular complexity index is 603. The molecule has 1 aromatic rings. The number of anilines is 1. The van der Waals surface area contributed by atoms with Crippen LogP contribution >= 0.6 is 0 Å². The first-order valence-electron chi connectivity index (χ1n) is 8.92. The molecule has 0 unspecified atom stereocenters. The summed E-state index contributed by atoms with van der Waals surface area (Å²) in [4.78, 5) is 8.68. The molecular weight excluding hydrogens is 361 g/mol. The lowest BCUT2D eigenvalue weighted by molar-refractivity contribution is -0.173. The molecule has 0 saturated carbocycles. The van der Waals surface area contributed by atoms with E-state index in [-0.39, 0.29) is 6.61 Å². The van der Waals surface area contributed by atoms with Gasteiger partial charge in [0.15, 0.2) is 5.96 Å². The first kappa shape index (κ1) is 21.1. The highest BCUT2D eigenvalue weighted by Crippen LogP contribution is 2.28. The van der Waals surface area contributed by atoms with Crippen molar-refractivity contribution in [3.05, 3.63) is 24.3 Å². The van der Waals surface area contributed by atoms with Gasteiger partial charge in [0.25, 0.3) is 0 Å². The molecule has 27 heavy (non-hydrogen) atoms. The second kappa shape index (κ2) is 10.2. The highest BCUT2D eigenvalue weighted by Gasteiger charge is 2.27. The topological polar surface area (TPSA) is 49.3 Å². The van der Waals surface area contributed by atoms with E-state index < -0.39 is 12.8 Å². The third-order valence-electron chi connectivity index (χ3n) is 4.23. The van der Waals surface area contributed by atoms with E-state index in [0.29, 0.717) is 13.0 Å². The minimum Gasteiger partial charge on any atom is -0.495 e. The number of ether oxygens (including phenoxy) is 2. The van der Waals surface area contributed by atoms with Gasteiger partial charge in [0.1, 0.15) is 12.4 Å². The molecule has 6 nitrogen and oxygen atoms in total. The summed E-state index contributed by atoms with van der Waals surface area (Å²) in [5, 5.41) is 3.19. The van der Waals surface area contributed by atoms with Crippen molar-refractivity contribution < 1.29 is 22.6 Å². The average molecular weight is 388 g/mol. The Hall–Kier alpha value is -2.16. The number of aliphatic imine (C=N–C) groups is 1. The van der Waals surface area contributed by atoms with E-state index in [1.807, 2.05) is 24.3 Å². The number of methoxy groups -OCH3 is 1. The Morgan fingerprint density at radius 3 is 2.52 bits per heavy atom. The van der Waals surface area contributed by atoms with Crippen molar-refractivity contribution in [2.24, 2.45) is 4.99 Å². The van der Waals surface area contributed by atoms with Gasteiger partial charge in [0.2, 0.25) is 0 Å². The van der Waals surface area contributed by atoms with Crippen LogP contribution in [-0.2, 0) is 4.74 Å². The van der Waals surface area contributed by atoms with Gasteiger partial charge in [-0.15, -0.1) is 0 Å². The molecule has 0 radical (unpaired) electrons. The quantitative estimate of drug-likeness (QED) is 0.442. The number of piperazine rings is 1. The molecule has 0 bridgehead atoms. The molecule has 1 N–H and O–H groups in total. The van der Waals surface area contributed by atoms with Crippen LogP contribution < -0.4 is 15.0 Å². The normalized spacial score (nSPS) is 15.8. The molecule has 0 aromatic heterocycles. The number of benzene rings is 1. The minimum absolute atomic E-state index is 0.0606. The summed E-state index contributed by atoms with van der Waals surface area (Å²) in [5.41, 5.74) is 1.07. The van der Waals surface area contributed by atoms with Crippen molar-refractivity contribution in [2.45, 2.75) is 12.6 Å². The van der Waals surface area contributed by atoms with Crippen molar-refractivity contribution in [1.29, 1.82) is 0 Å². The van der Waals surface area contributed by atoms with E-state index in [1.165, 1.54) is 0 Å². The van der Waals surface area contributed by atoms with Gasteiger partial charge in [-0.2, -0.15) is 13.2 Å². The van der Waals surface area contributed by atoms with Crippen molar-refractivity contribution >= 4 is 11.6 Å². The Kier molecular flexibility index (Phi) is 8.02. The molecule has 1 saturated heterocycles. The van der Waals surface area contributed by atoms with Crippen LogP contribution in [0.2, 0.25) is 0 Å². The van der Waals surface area contributed by atoms with Gasteiger partial charge in [-0.25, -0.2) is 0 Å². The van der Waals surface area contributed by atoms with E-state index in [1.54, 1.807) is 14.2 Å². The molecule has 1 fully saturated rings. The lowest BCUT2D eigenvalue weighted by Gasteiger charge is -2.38. The van der Waals surface area contributed by atoms with Crippen LogP contribution in [0.25, 0.3) is 0 Å². The van der Waals surface area contributed by atoms with Gasteiger partial charge in [-0.3, -0.25) is 4.99 Å². The van der Waals surface area contributed by atoms with E-state index in [9.17, 15) is 13.2 Å². The maximum absolute atomic E-state index is 12.0. The zero-order valence-corrected chi connectivity index (χ0v) is 15.8. The molecule has 0 aliphatic carbocycles. The number of alkyl halides is 3. The van der Waals surface area contributed by atoms with E-state index in [4.69, 9.17) is 4.74 Å². The monoisotopic (exact) mass is 388 g/mol. The minimum atomic E-state index is -4.27. The number of nitrogens with zero attached hydrogens (tertiary/aromatic N) is 3. The number of rotatable bonds is 7. The van der Waals surface area contributed by atoms with Gasteiger partial charge in [0, 0.05) is 46.4 Å². The predicted octanol–water partition coefficient (Wildman–Crippen LogP) is 2.36. The fraction of sp³-hybridized carbons (Fsp3) is 0.611. The van der Waals surface area contributed by atoms with Gasteiger partial charge in [-0.05, 0) is 18.6 Å². The summed E-state index contributed by atoms with van der Waals surface area (Å²) in [6.07, 6.45) is -3.79. The summed E-state index contributed by atoms with van der Waals surface area (Å²) >= 11 is 0. The Morgan fingerprint density at radius 2 is 1.89 bits per heavy atom. The van der Waals surface area contributed by atoms with Gasteiger partial charge in [0.05, 0.1) is 12.8 Å². The summed E-state index contributed by atoms with van der Waals surface area (Å²) in [6.45, 7) is 2.62. The summed E-state index contributed by atoms with van der Waals surface area (Å²) in [7, 11) is 3.37. The van der Waals surface area contributed by atoms with Crippen molar-refractivity contribution in [3.8, 4) is 5.75 Å². The molecule has 0 spiro atoms. The number of hydrogen-bond donors (Lipinski definition) is 1. The second-order valence-corrected chi connectivity index (χ2v) is 6.14. The molecule has 9 heteroatoms. The second-order valence-electron chi connectivity index (χ2n) is 6.14. The van der Waals surface area contributed by atoms with Crippen LogP contribution in [0.1, 0.15) is 6.42 Å². The molecule has 1 aliphatic heterocycles. The average Bonchev–Trinajstić information content (AvgIpc) is 2.67. The molecule has 1 heterocycles. The van der Waals surface area contributed by atoms with Crippen LogP contribution in [0.5, 0.6) is 5.75 Å². The third kappa shape index (κ3) is 6.82. The van der Waals surface area contributed by atoms with Crippen LogP contribution in [0.3, 0.4) is 0 Å². The number of hydrogen-bond acceptors (Lipinski definition) is 4. The number of nitrogens with one attached hydrogen (secondary N) is 1. The molecular formula is C18H27F3N4O2. The van der Waals surface area contributed by atoms with Crippen LogP contribution in [0, 0.1) is 0 Å². The summed E-state index contributed by atoms with van der Waals surface area (Å²) < 4.78 is 46.1. The van der Waals surface area contributed by atoms with E-state index >= 15 is 0 Å². The van der Waals surface area contributed by atoms with Gasteiger partial charge in [-0.1, -0.05) is 12.1 Å². The van der Waals surface area contributed by atoms with Crippen molar-refractivity contribution in [2.75, 3.05) is 65.0 Å². The van der Waals surface area contributed by atoms with Crippen molar-refractivity contribution in [1.82, 2.24) is 10.2 Å². The molecule has 152 valence electrons. The van der Waals surface area contributed by atoms with Crippen LogP contribution in [-0.4, -0.2) is 77.1 Å². The Morgan fingerprint density at radius 1 is 1.19 bits per heavy atom. The Labute approximate surface area is 157 Å². The highest BCUT2D eigenvalue weighted by atomic mass is 19.4. The van der Waals surface area contributed by atoms with Crippen LogP contribution in [0.4, 0.5) is 18.9 Å². The number of para-hydroxylation sites is 2. The molecule has 0 atom stereocenters. The largest absolute Gasteiger partial charge is 0.495 e. The van der Waals surface area contributed by atoms with Gasteiger partial charge < -0.3 is 24.6 Å². The molecule has 2 rings (SSSR count). The zero-order chi connectivity index (χ0) is 19.7. The molecule has 1 aliphatic rings. The maximum atomic E-state index is 12.0. The zero-order valence-electron chi connectivity index (χ0n) is 15.8. The summed E-state index contributed by atoms with van der Waals surface area (Å²) in [5.74, 6) is 1.61. The first-order chi connectivity index (χ1) is 12.9. The lowest BCUT2D eigenvalue weighted by Crippen LogP contribution is -2.52. The fourth-order valence-electron chi connectivity index (χ4n) is 2.94. The molecule has 1 aromatic carbocycles. The lowest BCUT2D eigenvalue weighted by atomic mass is 10.2. The smallest absolute Gasteiger partial charge is 0.411 e. The SMILES string of the molecule is CN=C(NCCCOCC(F)(F)F)N1CCN(c2ccccc2OC)CC1. The Balaban J connectivity index is 1.73. The fourth-order valence-corrected chi connectivity index (χ4v) is 2.94. The van der Waals surface area contributed by atoms with E-state index in [2.05, 4.69) is 24.8 Å². The molecule has 0 amide bonds. The van der Waals surface area contributed by atoms with Gasteiger partial charge >= 0.3 is 6.18 Å². The van der Waals surface area contributed by atoms with E-state index in [0.717, 1.165) is 43.6 Å². The first-order valence-corrected chi connectivity index (χ1v) is 8.92. The maximum Gasteiger partial charge on any atom is 0.411 e. The van der Waals surface area contributed by atoms with Crippen LogP contribution in [0.15, 0.2) is 29.3 Å². The highest BCUT2D eigenvalue weighted by molar-refractivity contribution is 5.80. The predicted molar refractivity (Wildman–Crippen MR) is 99.6 cm³/mol. The number of halogens is 3. The summed E-state index contributed by atoms with van der Waals surface area (Å²) in [6, 6.07) is 7.93. The standard InChI is InChI=1S/C18H27F3N4O2/c1-22-17(23-8-5-13-27-14-18(19,20)21)25-11-9-24(10-12-25)15-6-3-4-7-16(15)26-2/h3-4,6-7H,5,8-14H2,1-2H3,(H,22,23). The number of guanidine groups is 1.